The minimum absolute atomic E-state index is 0.278. The first-order valence-electron chi connectivity index (χ1n) is 8.33. The van der Waals surface area contributed by atoms with Crippen molar-refractivity contribution >= 4 is 11.0 Å². The fourth-order valence-corrected chi connectivity index (χ4v) is 3.36. The molecule has 1 aliphatic rings. The highest BCUT2D eigenvalue weighted by atomic mass is 16.1. The number of nitrogens with two attached hydrogens (primary N) is 1. The third-order valence-corrected chi connectivity index (χ3v) is 4.60. The van der Waals surface area contributed by atoms with E-state index in [1.165, 1.54) is 5.56 Å². The molecular formula is C18H21N5O. The van der Waals surface area contributed by atoms with E-state index in [0.717, 1.165) is 43.5 Å². The van der Waals surface area contributed by atoms with Crippen molar-refractivity contribution in [1.29, 1.82) is 0 Å². The Morgan fingerprint density at radius 2 is 2.08 bits per heavy atom. The number of hydrogen-bond donors (Lipinski definition) is 2. The number of fused-ring (bicyclic) bond motifs is 1. The maximum Gasteiger partial charge on any atom is 0.354 e. The molecule has 1 atom stereocenters. The summed E-state index contributed by atoms with van der Waals surface area (Å²) in [5, 5.41) is 0.918. The summed E-state index contributed by atoms with van der Waals surface area (Å²) in [5.41, 5.74) is 8.45. The number of rotatable bonds is 3. The lowest BCUT2D eigenvalue weighted by Crippen LogP contribution is -2.42. The fourth-order valence-electron chi connectivity index (χ4n) is 3.36. The van der Waals surface area contributed by atoms with Crippen LogP contribution in [0.4, 0.5) is 0 Å². The van der Waals surface area contributed by atoms with Crippen LogP contribution in [0.15, 0.2) is 47.5 Å². The van der Waals surface area contributed by atoms with Gasteiger partial charge in [0.15, 0.2) is 0 Å². The van der Waals surface area contributed by atoms with Crippen molar-refractivity contribution in [2.45, 2.75) is 25.4 Å². The largest absolute Gasteiger partial charge is 0.354 e. The number of benzene rings is 1. The summed E-state index contributed by atoms with van der Waals surface area (Å²) in [6.07, 6.45) is 5.89. The molecule has 1 aromatic carbocycles. The zero-order valence-electron chi connectivity index (χ0n) is 13.5. The Kier molecular flexibility index (Phi) is 3.92. The molecule has 0 spiro atoms. The van der Waals surface area contributed by atoms with Gasteiger partial charge in [0.2, 0.25) is 0 Å². The standard InChI is InChI=1S/C18H21N5O/c19-15-2-1-9-22(12-15)10-13-3-5-16(6-4-13)23-11-14-7-8-20-17(14)21-18(23)24/h3-8,11,15H,1-2,9-10,12,19H2,(H,20,21,24)/t15-/m0/s1. The van der Waals surface area contributed by atoms with Crippen LogP contribution < -0.4 is 11.4 Å². The molecule has 1 aliphatic heterocycles. The summed E-state index contributed by atoms with van der Waals surface area (Å²) in [6, 6.07) is 10.3. The summed E-state index contributed by atoms with van der Waals surface area (Å²) < 4.78 is 1.58. The van der Waals surface area contributed by atoms with Crippen LogP contribution in [0, 0.1) is 0 Å². The molecule has 6 heteroatoms. The van der Waals surface area contributed by atoms with E-state index in [2.05, 4.69) is 27.0 Å². The highest BCUT2D eigenvalue weighted by molar-refractivity contribution is 5.74. The van der Waals surface area contributed by atoms with Crippen molar-refractivity contribution in [3.8, 4) is 5.69 Å². The number of nitrogens with one attached hydrogen (secondary N) is 1. The van der Waals surface area contributed by atoms with Crippen LogP contribution in [0.5, 0.6) is 0 Å². The van der Waals surface area contributed by atoms with E-state index in [0.29, 0.717) is 5.65 Å². The van der Waals surface area contributed by atoms with E-state index in [1.807, 2.05) is 24.4 Å². The van der Waals surface area contributed by atoms with Gasteiger partial charge in [0.25, 0.3) is 0 Å². The van der Waals surface area contributed by atoms with Gasteiger partial charge in [-0.1, -0.05) is 12.1 Å². The number of aromatic nitrogens is 3. The van der Waals surface area contributed by atoms with E-state index < -0.39 is 0 Å². The molecule has 0 radical (unpaired) electrons. The van der Waals surface area contributed by atoms with Crippen molar-refractivity contribution in [1.82, 2.24) is 19.4 Å². The zero-order valence-corrected chi connectivity index (χ0v) is 13.5. The molecule has 1 saturated heterocycles. The van der Waals surface area contributed by atoms with Gasteiger partial charge in [-0.25, -0.2) is 4.79 Å². The van der Waals surface area contributed by atoms with Crippen molar-refractivity contribution in [2.24, 2.45) is 5.73 Å². The van der Waals surface area contributed by atoms with Crippen molar-refractivity contribution in [2.75, 3.05) is 13.1 Å². The molecule has 3 heterocycles. The Balaban J connectivity index is 1.56. The lowest BCUT2D eigenvalue weighted by Gasteiger charge is -2.30. The molecule has 3 aromatic rings. The smallest absolute Gasteiger partial charge is 0.346 e. The maximum absolute atomic E-state index is 12.2. The maximum atomic E-state index is 12.2. The summed E-state index contributed by atoms with van der Waals surface area (Å²) >= 11 is 0. The van der Waals surface area contributed by atoms with Gasteiger partial charge in [-0.2, -0.15) is 4.98 Å². The first-order chi connectivity index (χ1) is 11.7. The van der Waals surface area contributed by atoms with Crippen LogP contribution in [-0.2, 0) is 6.54 Å². The number of aromatic amines is 1. The molecule has 1 fully saturated rings. The van der Waals surface area contributed by atoms with Gasteiger partial charge < -0.3 is 10.7 Å². The predicted octanol–water partition coefficient (Wildman–Crippen LogP) is 1.64. The van der Waals surface area contributed by atoms with Gasteiger partial charge in [0.05, 0.1) is 5.69 Å². The third-order valence-electron chi connectivity index (χ3n) is 4.60. The molecular weight excluding hydrogens is 302 g/mol. The Bertz CT molecular complexity index is 896. The summed E-state index contributed by atoms with van der Waals surface area (Å²) in [5.74, 6) is 0. The summed E-state index contributed by atoms with van der Waals surface area (Å²) in [6.45, 7) is 2.95. The Morgan fingerprint density at radius 3 is 2.88 bits per heavy atom. The summed E-state index contributed by atoms with van der Waals surface area (Å²) in [7, 11) is 0. The highest BCUT2D eigenvalue weighted by Gasteiger charge is 2.16. The average Bonchev–Trinajstić information content (AvgIpc) is 3.02. The fraction of sp³-hybridized carbons (Fsp3) is 0.333. The average molecular weight is 323 g/mol. The van der Waals surface area contributed by atoms with Gasteiger partial charge in [0, 0.05) is 36.9 Å². The topological polar surface area (TPSA) is 79.9 Å². The molecule has 6 nitrogen and oxygen atoms in total. The number of hydrogen-bond acceptors (Lipinski definition) is 4. The van der Waals surface area contributed by atoms with E-state index in [-0.39, 0.29) is 11.7 Å². The molecule has 0 amide bonds. The number of likely N-dealkylation sites (tertiary alicyclic amines) is 1. The molecule has 24 heavy (non-hydrogen) atoms. The first-order valence-corrected chi connectivity index (χ1v) is 8.33. The van der Waals surface area contributed by atoms with Crippen LogP contribution >= 0.6 is 0 Å². The van der Waals surface area contributed by atoms with Crippen molar-refractivity contribution < 1.29 is 0 Å². The van der Waals surface area contributed by atoms with Crippen LogP contribution in [0.3, 0.4) is 0 Å². The second-order valence-electron chi connectivity index (χ2n) is 6.48. The van der Waals surface area contributed by atoms with Crippen molar-refractivity contribution in [3.63, 3.8) is 0 Å². The lowest BCUT2D eigenvalue weighted by atomic mass is 10.1. The highest BCUT2D eigenvalue weighted by Crippen LogP contribution is 2.15. The van der Waals surface area contributed by atoms with E-state index in [9.17, 15) is 4.79 Å². The van der Waals surface area contributed by atoms with Crippen molar-refractivity contribution in [3.05, 3.63) is 58.8 Å². The second kappa shape index (κ2) is 6.22. The van der Waals surface area contributed by atoms with Gasteiger partial charge in [0.1, 0.15) is 5.65 Å². The monoisotopic (exact) mass is 323 g/mol. The Hall–Kier alpha value is -2.44. The predicted molar refractivity (Wildman–Crippen MR) is 94.2 cm³/mol. The van der Waals surface area contributed by atoms with E-state index in [1.54, 1.807) is 10.8 Å². The van der Waals surface area contributed by atoms with Gasteiger partial charge in [-0.05, 0) is 43.1 Å². The van der Waals surface area contributed by atoms with Crippen LogP contribution in [0.25, 0.3) is 16.7 Å². The normalized spacial score (nSPS) is 19.0. The van der Waals surface area contributed by atoms with E-state index >= 15 is 0 Å². The minimum atomic E-state index is -0.278. The second-order valence-corrected chi connectivity index (χ2v) is 6.48. The van der Waals surface area contributed by atoms with Crippen LogP contribution in [0.2, 0.25) is 0 Å². The Morgan fingerprint density at radius 1 is 1.25 bits per heavy atom. The van der Waals surface area contributed by atoms with Gasteiger partial charge in [-0.3, -0.25) is 9.47 Å². The van der Waals surface area contributed by atoms with E-state index in [4.69, 9.17) is 5.73 Å². The molecule has 124 valence electrons. The van der Waals surface area contributed by atoms with Crippen LogP contribution in [0.1, 0.15) is 18.4 Å². The molecule has 3 N–H and O–H groups in total. The molecule has 0 aliphatic carbocycles. The summed E-state index contributed by atoms with van der Waals surface area (Å²) in [4.78, 5) is 21.6. The quantitative estimate of drug-likeness (QED) is 0.768. The minimum Gasteiger partial charge on any atom is -0.346 e. The van der Waals surface area contributed by atoms with Crippen LogP contribution in [-0.4, -0.2) is 38.6 Å². The first kappa shape index (κ1) is 15.1. The van der Waals surface area contributed by atoms with Gasteiger partial charge >= 0.3 is 5.69 Å². The number of piperidine rings is 1. The third kappa shape index (κ3) is 2.98. The van der Waals surface area contributed by atoms with Gasteiger partial charge in [-0.15, -0.1) is 0 Å². The molecule has 0 unspecified atom stereocenters. The number of nitrogens with zero attached hydrogens (tertiary/aromatic N) is 3. The number of H-pyrrole nitrogens is 1. The molecule has 0 saturated carbocycles. The lowest BCUT2D eigenvalue weighted by molar-refractivity contribution is 0.201. The molecule has 4 rings (SSSR count). The SMILES string of the molecule is N[C@H]1CCCN(Cc2ccc(-n3cc4cc[nH]c4nc3=O)cc2)C1. The Labute approximate surface area is 139 Å². The molecule has 0 bridgehead atoms. The zero-order chi connectivity index (χ0) is 16.5. The molecule has 2 aromatic heterocycles.